The van der Waals surface area contributed by atoms with Gasteiger partial charge in [0.1, 0.15) is 18.6 Å². The van der Waals surface area contributed by atoms with Crippen LogP contribution in [0.25, 0.3) is 0 Å². The molecule has 5 amide bonds. The summed E-state index contributed by atoms with van der Waals surface area (Å²) >= 11 is 0. The van der Waals surface area contributed by atoms with Gasteiger partial charge in [-0.2, -0.15) is 0 Å². The summed E-state index contributed by atoms with van der Waals surface area (Å²) in [6, 6.07) is 8.07. The Morgan fingerprint density at radius 3 is 2.24 bits per heavy atom. The Bertz CT molecular complexity index is 981. The first-order chi connectivity index (χ1) is 18.3. The van der Waals surface area contributed by atoms with E-state index in [0.717, 1.165) is 11.6 Å². The molecule has 206 valence electrons. The average Bonchev–Trinajstić information content (AvgIpc) is 2.92. The van der Waals surface area contributed by atoms with E-state index in [0.29, 0.717) is 38.4 Å². The lowest BCUT2D eigenvalue weighted by Gasteiger charge is -2.18. The highest BCUT2D eigenvalue weighted by Gasteiger charge is 2.21. The quantitative estimate of drug-likeness (QED) is 0.108. The zero-order chi connectivity index (χ0) is 28.2. The number of likely N-dealkylation sites (N-methyl/N-ethyl adjacent to an activating group) is 1. The fraction of sp³-hybridized carbons (Fsp3) is 0.423. The maximum Gasteiger partial charge on any atom is 0.246 e. The van der Waals surface area contributed by atoms with Crippen LogP contribution in [-0.4, -0.2) is 86.3 Å². The number of benzene rings is 1. The SMILES string of the molecule is CN(CCCCCC(=O)NCC(=O)NCC(=O)NC(Cc1ccccc1)C(=O)NCC=O)C(=O)/C=C\C=O. The van der Waals surface area contributed by atoms with Gasteiger partial charge >= 0.3 is 0 Å². The second-order valence-corrected chi connectivity index (χ2v) is 8.34. The van der Waals surface area contributed by atoms with Gasteiger partial charge in [0.2, 0.25) is 29.5 Å². The van der Waals surface area contributed by atoms with Crippen molar-refractivity contribution in [2.45, 2.75) is 38.1 Å². The summed E-state index contributed by atoms with van der Waals surface area (Å²) in [5.41, 5.74) is 0.804. The van der Waals surface area contributed by atoms with E-state index in [1.165, 1.54) is 11.0 Å². The Hall–Kier alpha value is -4.35. The third-order valence-corrected chi connectivity index (χ3v) is 5.28. The van der Waals surface area contributed by atoms with Crippen LogP contribution in [0.2, 0.25) is 0 Å². The first kappa shape index (κ1) is 31.7. The van der Waals surface area contributed by atoms with Gasteiger partial charge in [-0.25, -0.2) is 0 Å². The van der Waals surface area contributed by atoms with Crippen molar-refractivity contribution in [3.8, 4) is 0 Å². The highest BCUT2D eigenvalue weighted by Crippen LogP contribution is 2.04. The van der Waals surface area contributed by atoms with Crippen molar-refractivity contribution in [1.29, 1.82) is 0 Å². The van der Waals surface area contributed by atoms with Crippen LogP contribution in [0.15, 0.2) is 42.5 Å². The predicted molar refractivity (Wildman–Crippen MR) is 138 cm³/mol. The smallest absolute Gasteiger partial charge is 0.246 e. The van der Waals surface area contributed by atoms with Gasteiger partial charge in [-0.15, -0.1) is 0 Å². The van der Waals surface area contributed by atoms with Crippen molar-refractivity contribution < 1.29 is 33.6 Å². The number of aldehydes is 2. The summed E-state index contributed by atoms with van der Waals surface area (Å²) in [7, 11) is 1.62. The van der Waals surface area contributed by atoms with Crippen LogP contribution < -0.4 is 21.3 Å². The first-order valence-corrected chi connectivity index (χ1v) is 12.2. The van der Waals surface area contributed by atoms with Crippen molar-refractivity contribution >= 4 is 42.1 Å². The molecule has 4 N–H and O–H groups in total. The summed E-state index contributed by atoms with van der Waals surface area (Å²) in [5, 5.41) is 9.82. The number of amides is 5. The Kier molecular flexibility index (Phi) is 15.7. The molecular formula is C26H35N5O7. The molecule has 1 unspecified atom stereocenters. The molecule has 0 fully saturated rings. The van der Waals surface area contributed by atoms with Crippen LogP contribution in [0.5, 0.6) is 0 Å². The molecule has 12 nitrogen and oxygen atoms in total. The second kappa shape index (κ2) is 18.9. The zero-order valence-electron chi connectivity index (χ0n) is 21.4. The predicted octanol–water partition coefficient (Wildman–Crippen LogP) is -0.965. The Morgan fingerprint density at radius 1 is 0.868 bits per heavy atom. The molecule has 1 rings (SSSR count). The van der Waals surface area contributed by atoms with Gasteiger partial charge in [-0.1, -0.05) is 36.8 Å². The standard InChI is InChI=1S/C26H35N5O7/c1-31(25(37)12-8-15-32)14-7-3-6-11-22(34)28-18-23(35)29-19-24(36)30-21(26(38)27-13-16-33)17-20-9-4-2-5-10-20/h2,4-5,8-10,12,15-16,21H,3,6-7,11,13-14,17-19H2,1H3,(H,27,38)(H,28,34)(H,29,35)(H,30,36)/b12-8-. The van der Waals surface area contributed by atoms with E-state index < -0.39 is 30.3 Å². The molecule has 12 heteroatoms. The molecule has 0 radical (unpaired) electrons. The maximum atomic E-state index is 12.3. The molecule has 1 atom stereocenters. The molecule has 0 aliphatic rings. The van der Waals surface area contributed by atoms with Crippen LogP contribution in [-0.2, 0) is 40.0 Å². The fourth-order valence-corrected chi connectivity index (χ4v) is 3.25. The molecule has 0 saturated heterocycles. The number of nitrogens with zero attached hydrogens (tertiary/aromatic N) is 1. The van der Waals surface area contributed by atoms with E-state index in [4.69, 9.17) is 0 Å². The Balaban J connectivity index is 2.31. The molecular weight excluding hydrogens is 494 g/mol. The van der Waals surface area contributed by atoms with Crippen molar-refractivity contribution in [3.63, 3.8) is 0 Å². The third-order valence-electron chi connectivity index (χ3n) is 5.28. The summed E-state index contributed by atoms with van der Waals surface area (Å²) in [6.07, 6.45) is 5.72. The van der Waals surface area contributed by atoms with Gasteiger partial charge in [-0.05, 0) is 24.5 Å². The lowest BCUT2D eigenvalue weighted by molar-refractivity contribution is -0.130. The van der Waals surface area contributed by atoms with Crippen LogP contribution in [0, 0.1) is 0 Å². The summed E-state index contributed by atoms with van der Waals surface area (Å²) in [4.78, 5) is 82.5. The van der Waals surface area contributed by atoms with E-state index in [1.54, 1.807) is 31.3 Å². The number of hydrogen-bond acceptors (Lipinski definition) is 7. The normalized spacial score (nSPS) is 11.2. The molecule has 1 aromatic carbocycles. The summed E-state index contributed by atoms with van der Waals surface area (Å²) in [6.45, 7) is -0.402. The third kappa shape index (κ3) is 14.3. The monoisotopic (exact) mass is 529 g/mol. The molecule has 1 aromatic rings. The maximum absolute atomic E-state index is 12.3. The Morgan fingerprint density at radius 2 is 1.55 bits per heavy atom. The lowest BCUT2D eigenvalue weighted by Crippen LogP contribution is -2.51. The molecule has 0 heterocycles. The highest BCUT2D eigenvalue weighted by atomic mass is 16.2. The number of rotatable bonds is 18. The number of allylic oxidation sites excluding steroid dienone is 1. The topological polar surface area (TPSA) is 171 Å². The van der Waals surface area contributed by atoms with E-state index in [-0.39, 0.29) is 37.7 Å². The average molecular weight is 530 g/mol. The second-order valence-electron chi connectivity index (χ2n) is 8.34. The molecule has 0 saturated carbocycles. The van der Waals surface area contributed by atoms with Crippen molar-refractivity contribution in [2.24, 2.45) is 0 Å². The minimum atomic E-state index is -0.938. The summed E-state index contributed by atoms with van der Waals surface area (Å²) in [5.74, 6) is -2.29. The van der Waals surface area contributed by atoms with Crippen LogP contribution in [0.3, 0.4) is 0 Å². The number of carbonyl (C=O) groups excluding carboxylic acids is 7. The van der Waals surface area contributed by atoms with Gasteiger partial charge in [-0.3, -0.25) is 28.8 Å². The molecule has 0 aliphatic heterocycles. The highest BCUT2D eigenvalue weighted by molar-refractivity contribution is 5.92. The van der Waals surface area contributed by atoms with E-state index in [1.807, 2.05) is 6.07 Å². The van der Waals surface area contributed by atoms with Crippen LogP contribution in [0.1, 0.15) is 31.2 Å². The molecule has 38 heavy (non-hydrogen) atoms. The zero-order valence-corrected chi connectivity index (χ0v) is 21.4. The fourth-order valence-electron chi connectivity index (χ4n) is 3.25. The molecule has 0 spiro atoms. The number of hydrogen-bond donors (Lipinski definition) is 4. The first-order valence-electron chi connectivity index (χ1n) is 12.2. The van der Waals surface area contributed by atoms with Crippen molar-refractivity contribution in [1.82, 2.24) is 26.2 Å². The van der Waals surface area contributed by atoms with E-state index >= 15 is 0 Å². The van der Waals surface area contributed by atoms with Gasteiger partial charge < -0.3 is 31.0 Å². The van der Waals surface area contributed by atoms with Gasteiger partial charge in [0.15, 0.2) is 0 Å². The molecule has 0 aliphatic carbocycles. The Labute approximate surface area is 221 Å². The molecule has 0 bridgehead atoms. The van der Waals surface area contributed by atoms with E-state index in [2.05, 4.69) is 21.3 Å². The van der Waals surface area contributed by atoms with E-state index in [9.17, 15) is 33.6 Å². The number of nitrogens with one attached hydrogen (secondary N) is 4. The van der Waals surface area contributed by atoms with Crippen molar-refractivity contribution in [2.75, 3.05) is 33.2 Å². The minimum absolute atomic E-state index is 0.187. The number of carbonyl (C=O) groups is 7. The largest absolute Gasteiger partial charge is 0.348 e. The van der Waals surface area contributed by atoms with Crippen LogP contribution >= 0.6 is 0 Å². The lowest BCUT2D eigenvalue weighted by atomic mass is 10.1. The minimum Gasteiger partial charge on any atom is -0.348 e. The van der Waals surface area contributed by atoms with Gasteiger partial charge in [0, 0.05) is 32.5 Å². The summed E-state index contributed by atoms with van der Waals surface area (Å²) < 4.78 is 0. The van der Waals surface area contributed by atoms with Gasteiger partial charge in [0.05, 0.1) is 19.6 Å². The number of unbranched alkanes of at least 4 members (excludes halogenated alkanes) is 2. The molecule has 0 aromatic heterocycles. The van der Waals surface area contributed by atoms with Crippen molar-refractivity contribution in [3.05, 3.63) is 48.0 Å². The van der Waals surface area contributed by atoms with Gasteiger partial charge in [0.25, 0.3) is 0 Å². The van der Waals surface area contributed by atoms with Crippen LogP contribution in [0.4, 0.5) is 0 Å².